The lowest BCUT2D eigenvalue weighted by molar-refractivity contribution is 0.318. The van der Waals surface area contributed by atoms with E-state index < -0.39 is 10.0 Å². The van der Waals surface area contributed by atoms with Gasteiger partial charge in [0.15, 0.2) is 5.84 Å². The minimum atomic E-state index is -3.16. The first kappa shape index (κ1) is 16.1. The molecule has 0 aromatic heterocycles. The monoisotopic (exact) mass is 376 g/mol. The fourth-order valence-electron chi connectivity index (χ4n) is 2.30. The first-order chi connectivity index (χ1) is 9.82. The summed E-state index contributed by atoms with van der Waals surface area (Å²) in [5.74, 6) is 0.0306. The van der Waals surface area contributed by atoms with Gasteiger partial charge >= 0.3 is 0 Å². The summed E-state index contributed by atoms with van der Waals surface area (Å²) < 4.78 is 25.4. The Morgan fingerprint density at radius 3 is 2.48 bits per heavy atom. The SMILES string of the molecule is CS(=O)(=O)N1CCN(c2cc(Br)ccc2/C(N)=N/O)CC1. The van der Waals surface area contributed by atoms with Crippen molar-refractivity contribution in [3.63, 3.8) is 0 Å². The van der Waals surface area contributed by atoms with E-state index in [0.29, 0.717) is 31.7 Å². The smallest absolute Gasteiger partial charge is 0.211 e. The van der Waals surface area contributed by atoms with Gasteiger partial charge in [0.2, 0.25) is 10.0 Å². The molecule has 1 heterocycles. The average Bonchev–Trinajstić information content (AvgIpc) is 2.45. The van der Waals surface area contributed by atoms with Gasteiger partial charge < -0.3 is 15.8 Å². The van der Waals surface area contributed by atoms with Gasteiger partial charge in [0.05, 0.1) is 6.26 Å². The van der Waals surface area contributed by atoms with Crippen LogP contribution < -0.4 is 10.6 Å². The van der Waals surface area contributed by atoms with Crippen molar-refractivity contribution in [1.29, 1.82) is 0 Å². The maximum absolute atomic E-state index is 11.5. The summed E-state index contributed by atoms with van der Waals surface area (Å²) in [6, 6.07) is 5.45. The zero-order chi connectivity index (χ0) is 15.6. The molecule has 1 aliphatic heterocycles. The van der Waals surface area contributed by atoms with Crippen LogP contribution in [0.5, 0.6) is 0 Å². The quantitative estimate of drug-likeness (QED) is 0.348. The molecule has 1 saturated heterocycles. The predicted octanol–water partition coefficient (Wildman–Crippen LogP) is 0.625. The number of anilines is 1. The molecule has 0 unspecified atom stereocenters. The van der Waals surface area contributed by atoms with E-state index in [4.69, 9.17) is 10.9 Å². The number of hydrogen-bond donors (Lipinski definition) is 2. The minimum Gasteiger partial charge on any atom is -0.409 e. The zero-order valence-electron chi connectivity index (χ0n) is 11.5. The minimum absolute atomic E-state index is 0.0306. The summed E-state index contributed by atoms with van der Waals surface area (Å²) >= 11 is 3.40. The van der Waals surface area contributed by atoms with Crippen LogP contribution in [0.15, 0.2) is 27.8 Å². The van der Waals surface area contributed by atoms with Gasteiger partial charge in [-0.1, -0.05) is 21.1 Å². The number of oxime groups is 1. The molecule has 7 nitrogen and oxygen atoms in total. The number of piperazine rings is 1. The van der Waals surface area contributed by atoms with Crippen molar-refractivity contribution in [3.8, 4) is 0 Å². The largest absolute Gasteiger partial charge is 0.409 e. The summed E-state index contributed by atoms with van der Waals surface area (Å²) in [5.41, 5.74) is 7.13. The van der Waals surface area contributed by atoms with Gasteiger partial charge in [-0.25, -0.2) is 8.42 Å². The third kappa shape index (κ3) is 3.66. The van der Waals surface area contributed by atoms with Crippen LogP contribution in [0.4, 0.5) is 5.69 Å². The molecule has 116 valence electrons. The fourth-order valence-corrected chi connectivity index (χ4v) is 3.47. The van der Waals surface area contributed by atoms with Gasteiger partial charge in [-0.2, -0.15) is 4.31 Å². The normalized spacial score (nSPS) is 18.0. The second-order valence-electron chi connectivity index (χ2n) is 4.80. The van der Waals surface area contributed by atoms with E-state index >= 15 is 0 Å². The van der Waals surface area contributed by atoms with Crippen molar-refractivity contribution in [2.24, 2.45) is 10.9 Å². The summed E-state index contributed by atoms with van der Waals surface area (Å²) in [5, 5.41) is 11.9. The zero-order valence-corrected chi connectivity index (χ0v) is 13.9. The first-order valence-corrected chi connectivity index (χ1v) is 8.94. The van der Waals surface area contributed by atoms with E-state index in [1.54, 1.807) is 6.07 Å². The summed E-state index contributed by atoms with van der Waals surface area (Å²) in [7, 11) is -3.16. The molecule has 1 aromatic rings. The molecule has 1 aromatic carbocycles. The molecule has 0 atom stereocenters. The maximum atomic E-state index is 11.5. The molecule has 0 bridgehead atoms. The van der Waals surface area contributed by atoms with E-state index in [-0.39, 0.29) is 5.84 Å². The Morgan fingerprint density at radius 1 is 1.33 bits per heavy atom. The summed E-state index contributed by atoms with van der Waals surface area (Å²) in [6.07, 6.45) is 1.21. The Balaban J connectivity index is 2.26. The first-order valence-electron chi connectivity index (χ1n) is 6.30. The molecule has 9 heteroatoms. The van der Waals surface area contributed by atoms with Gasteiger partial charge in [-0.3, -0.25) is 0 Å². The molecule has 0 amide bonds. The number of sulfonamides is 1. The Bertz CT molecular complexity index is 654. The molecule has 1 aliphatic rings. The van der Waals surface area contributed by atoms with Crippen molar-refractivity contribution in [2.45, 2.75) is 0 Å². The molecule has 1 fully saturated rings. The lowest BCUT2D eigenvalue weighted by Crippen LogP contribution is -2.48. The predicted molar refractivity (Wildman–Crippen MR) is 85.3 cm³/mol. The average molecular weight is 377 g/mol. The van der Waals surface area contributed by atoms with Crippen molar-refractivity contribution < 1.29 is 13.6 Å². The molecule has 3 N–H and O–H groups in total. The number of amidine groups is 1. The highest BCUT2D eigenvalue weighted by Gasteiger charge is 2.25. The van der Waals surface area contributed by atoms with Gasteiger partial charge in [0.25, 0.3) is 0 Å². The van der Waals surface area contributed by atoms with Crippen LogP contribution in [0, 0.1) is 0 Å². The second-order valence-corrected chi connectivity index (χ2v) is 7.69. The van der Waals surface area contributed by atoms with E-state index in [0.717, 1.165) is 10.2 Å². The highest BCUT2D eigenvalue weighted by Crippen LogP contribution is 2.26. The van der Waals surface area contributed by atoms with E-state index in [2.05, 4.69) is 21.1 Å². The molecular weight excluding hydrogens is 360 g/mol. The standard InChI is InChI=1S/C12H17BrN4O3S/c1-21(19,20)17-6-4-16(5-7-17)11-8-9(13)2-3-10(11)12(14)15-18/h2-3,8,18H,4-7H2,1H3,(H2,14,15). The van der Waals surface area contributed by atoms with Crippen LogP contribution in [0.1, 0.15) is 5.56 Å². The maximum Gasteiger partial charge on any atom is 0.211 e. The Labute approximate surface area is 132 Å². The van der Waals surface area contributed by atoms with Gasteiger partial charge in [0, 0.05) is 41.9 Å². The lowest BCUT2D eigenvalue weighted by Gasteiger charge is -2.35. The van der Waals surface area contributed by atoms with Crippen molar-refractivity contribution in [2.75, 3.05) is 37.3 Å². The van der Waals surface area contributed by atoms with E-state index in [1.807, 2.05) is 17.0 Å². The molecule has 0 aliphatic carbocycles. The Morgan fingerprint density at radius 2 is 1.95 bits per heavy atom. The summed E-state index contributed by atoms with van der Waals surface area (Å²) in [4.78, 5) is 2.03. The highest BCUT2D eigenvalue weighted by atomic mass is 79.9. The van der Waals surface area contributed by atoms with Crippen molar-refractivity contribution in [1.82, 2.24) is 4.31 Å². The van der Waals surface area contributed by atoms with Crippen LogP contribution in [0.25, 0.3) is 0 Å². The molecule has 0 radical (unpaired) electrons. The topological polar surface area (TPSA) is 99.2 Å². The van der Waals surface area contributed by atoms with Crippen LogP contribution in [0.2, 0.25) is 0 Å². The molecular formula is C12H17BrN4O3S. The van der Waals surface area contributed by atoms with E-state index in [9.17, 15) is 8.42 Å². The number of benzene rings is 1. The van der Waals surface area contributed by atoms with Gasteiger partial charge in [0.1, 0.15) is 0 Å². The van der Waals surface area contributed by atoms with Gasteiger partial charge in [-0.15, -0.1) is 0 Å². The number of nitrogens with two attached hydrogens (primary N) is 1. The number of nitrogens with zero attached hydrogens (tertiary/aromatic N) is 3. The van der Waals surface area contributed by atoms with Crippen molar-refractivity contribution >= 4 is 37.5 Å². The van der Waals surface area contributed by atoms with Crippen molar-refractivity contribution in [3.05, 3.63) is 28.2 Å². The number of rotatable bonds is 3. The second kappa shape index (κ2) is 6.20. The third-order valence-electron chi connectivity index (χ3n) is 3.39. The number of hydrogen-bond acceptors (Lipinski definition) is 5. The third-order valence-corrected chi connectivity index (χ3v) is 5.19. The fraction of sp³-hybridized carbons (Fsp3) is 0.417. The molecule has 21 heavy (non-hydrogen) atoms. The Hall–Kier alpha value is -1.32. The Kier molecular flexibility index (Phi) is 4.74. The summed E-state index contributed by atoms with van der Waals surface area (Å²) in [6.45, 7) is 1.94. The van der Waals surface area contributed by atoms with Crippen LogP contribution >= 0.6 is 15.9 Å². The number of halogens is 1. The van der Waals surface area contributed by atoms with E-state index in [1.165, 1.54) is 10.6 Å². The van der Waals surface area contributed by atoms with Crippen LogP contribution in [-0.2, 0) is 10.0 Å². The van der Waals surface area contributed by atoms with Crippen LogP contribution in [0.3, 0.4) is 0 Å². The molecule has 0 spiro atoms. The highest BCUT2D eigenvalue weighted by molar-refractivity contribution is 9.10. The van der Waals surface area contributed by atoms with Crippen LogP contribution in [-0.4, -0.2) is 56.2 Å². The molecule has 0 saturated carbocycles. The van der Waals surface area contributed by atoms with Gasteiger partial charge in [-0.05, 0) is 18.2 Å². The molecule has 2 rings (SSSR count). The lowest BCUT2D eigenvalue weighted by atomic mass is 10.1.